The number of nitrogens with zero attached hydrogens (tertiary/aromatic N) is 2. The lowest BCUT2D eigenvalue weighted by atomic mass is 10.1. The van der Waals surface area contributed by atoms with Gasteiger partial charge in [-0.3, -0.25) is 4.79 Å². The SMILES string of the molecule is CCn1c(C)[n+](CC(=O)c2ccc(OC)cc2)c2ccccc21. The molecule has 0 saturated heterocycles. The number of fused-ring (bicyclic) bond motifs is 1. The van der Waals surface area contributed by atoms with Crippen LogP contribution < -0.4 is 9.30 Å². The van der Waals surface area contributed by atoms with E-state index in [0.29, 0.717) is 12.1 Å². The molecule has 0 saturated carbocycles. The smallest absolute Gasteiger partial charge is 0.254 e. The molecule has 0 bridgehead atoms. The normalized spacial score (nSPS) is 10.9. The molecule has 0 aliphatic rings. The van der Waals surface area contributed by atoms with Crippen LogP contribution in [0.2, 0.25) is 0 Å². The van der Waals surface area contributed by atoms with E-state index in [2.05, 4.69) is 35.1 Å². The fourth-order valence-corrected chi connectivity index (χ4v) is 3.03. The average molecular weight is 309 g/mol. The molecule has 1 aromatic heterocycles. The number of aromatic nitrogens is 2. The first kappa shape index (κ1) is 15.3. The number of para-hydroxylation sites is 2. The Bertz CT molecular complexity index is 848. The van der Waals surface area contributed by atoms with Crippen molar-refractivity contribution in [2.75, 3.05) is 7.11 Å². The summed E-state index contributed by atoms with van der Waals surface area (Å²) in [5.41, 5.74) is 2.95. The Morgan fingerprint density at radius 2 is 1.83 bits per heavy atom. The van der Waals surface area contributed by atoms with E-state index in [-0.39, 0.29) is 5.78 Å². The zero-order chi connectivity index (χ0) is 16.4. The lowest BCUT2D eigenvalue weighted by Gasteiger charge is -2.03. The summed E-state index contributed by atoms with van der Waals surface area (Å²) in [4.78, 5) is 12.6. The summed E-state index contributed by atoms with van der Waals surface area (Å²) < 4.78 is 9.46. The molecule has 0 radical (unpaired) electrons. The van der Waals surface area contributed by atoms with Crippen LogP contribution in [0, 0.1) is 6.92 Å². The highest BCUT2D eigenvalue weighted by Crippen LogP contribution is 2.15. The van der Waals surface area contributed by atoms with Gasteiger partial charge < -0.3 is 4.74 Å². The quantitative estimate of drug-likeness (QED) is 0.536. The molecular formula is C19H21N2O2+. The van der Waals surface area contributed by atoms with Crippen LogP contribution in [0.4, 0.5) is 0 Å². The highest BCUT2D eigenvalue weighted by Gasteiger charge is 2.22. The Morgan fingerprint density at radius 3 is 2.48 bits per heavy atom. The van der Waals surface area contributed by atoms with E-state index in [0.717, 1.165) is 29.2 Å². The van der Waals surface area contributed by atoms with Crippen LogP contribution in [0.1, 0.15) is 23.1 Å². The Balaban J connectivity index is 1.97. The molecule has 0 N–H and O–H groups in total. The molecule has 0 atom stereocenters. The van der Waals surface area contributed by atoms with Crippen LogP contribution in [0.15, 0.2) is 48.5 Å². The summed E-state index contributed by atoms with van der Waals surface area (Å²) in [5.74, 6) is 1.95. The van der Waals surface area contributed by atoms with Gasteiger partial charge in [0.1, 0.15) is 5.75 Å². The van der Waals surface area contributed by atoms with Crippen LogP contribution in [-0.4, -0.2) is 17.5 Å². The Kier molecular flexibility index (Phi) is 4.15. The molecule has 0 spiro atoms. The molecule has 0 amide bonds. The molecular weight excluding hydrogens is 288 g/mol. The number of ketones is 1. The van der Waals surface area contributed by atoms with Crippen molar-refractivity contribution in [2.24, 2.45) is 0 Å². The monoisotopic (exact) mass is 309 g/mol. The maximum absolute atomic E-state index is 12.6. The van der Waals surface area contributed by atoms with Crippen LogP contribution in [0.3, 0.4) is 0 Å². The number of Topliss-reactive ketones (excluding diaryl/α,β-unsaturated/α-hetero) is 1. The maximum Gasteiger partial charge on any atom is 0.254 e. The van der Waals surface area contributed by atoms with Gasteiger partial charge >= 0.3 is 0 Å². The summed E-state index contributed by atoms with van der Waals surface area (Å²) in [6, 6.07) is 15.5. The number of carbonyl (C=O) groups is 1. The van der Waals surface area contributed by atoms with E-state index in [1.807, 2.05) is 36.4 Å². The zero-order valence-corrected chi connectivity index (χ0v) is 13.7. The molecule has 1 heterocycles. The molecule has 4 nitrogen and oxygen atoms in total. The third-order valence-corrected chi connectivity index (χ3v) is 4.27. The average Bonchev–Trinajstić information content (AvgIpc) is 2.86. The Morgan fingerprint density at radius 1 is 1.13 bits per heavy atom. The summed E-state index contributed by atoms with van der Waals surface area (Å²) in [6.45, 7) is 5.40. The van der Waals surface area contributed by atoms with Crippen molar-refractivity contribution in [1.29, 1.82) is 0 Å². The molecule has 23 heavy (non-hydrogen) atoms. The van der Waals surface area contributed by atoms with E-state index in [9.17, 15) is 4.79 Å². The first-order valence-corrected chi connectivity index (χ1v) is 7.80. The van der Waals surface area contributed by atoms with Crippen LogP contribution in [-0.2, 0) is 13.1 Å². The molecule has 0 aliphatic carbocycles. The number of methoxy groups -OCH3 is 1. The lowest BCUT2D eigenvalue weighted by Crippen LogP contribution is -2.40. The summed E-state index contributed by atoms with van der Waals surface area (Å²) in [6.07, 6.45) is 0. The van der Waals surface area contributed by atoms with Crippen molar-refractivity contribution >= 4 is 16.8 Å². The number of aryl methyl sites for hydroxylation is 1. The summed E-state index contributed by atoms with van der Waals surface area (Å²) in [7, 11) is 1.62. The largest absolute Gasteiger partial charge is 0.497 e. The van der Waals surface area contributed by atoms with Crippen molar-refractivity contribution in [2.45, 2.75) is 26.9 Å². The second-order valence-corrected chi connectivity index (χ2v) is 5.52. The van der Waals surface area contributed by atoms with Crippen molar-refractivity contribution < 1.29 is 14.1 Å². The van der Waals surface area contributed by atoms with E-state index in [4.69, 9.17) is 4.74 Å². The predicted molar refractivity (Wildman–Crippen MR) is 89.9 cm³/mol. The van der Waals surface area contributed by atoms with Crippen molar-refractivity contribution in [3.8, 4) is 5.75 Å². The first-order chi connectivity index (χ1) is 11.2. The minimum Gasteiger partial charge on any atom is -0.497 e. The summed E-state index contributed by atoms with van der Waals surface area (Å²) >= 11 is 0. The van der Waals surface area contributed by atoms with Gasteiger partial charge in [0.25, 0.3) is 5.82 Å². The molecule has 0 fully saturated rings. The van der Waals surface area contributed by atoms with Gasteiger partial charge in [-0.05, 0) is 43.3 Å². The Hall–Kier alpha value is -2.62. The van der Waals surface area contributed by atoms with E-state index < -0.39 is 0 Å². The van der Waals surface area contributed by atoms with Gasteiger partial charge in [0.2, 0.25) is 5.78 Å². The second-order valence-electron chi connectivity index (χ2n) is 5.52. The van der Waals surface area contributed by atoms with E-state index in [1.54, 1.807) is 7.11 Å². The highest BCUT2D eigenvalue weighted by atomic mass is 16.5. The van der Waals surface area contributed by atoms with Crippen LogP contribution >= 0.6 is 0 Å². The third kappa shape index (κ3) is 2.72. The lowest BCUT2D eigenvalue weighted by molar-refractivity contribution is -0.664. The number of hydrogen-bond acceptors (Lipinski definition) is 2. The molecule has 2 aromatic carbocycles. The van der Waals surface area contributed by atoms with Crippen LogP contribution in [0.5, 0.6) is 5.75 Å². The fraction of sp³-hybridized carbons (Fsp3) is 0.263. The highest BCUT2D eigenvalue weighted by molar-refractivity contribution is 5.95. The number of hydrogen-bond donors (Lipinski definition) is 0. The molecule has 4 heteroatoms. The summed E-state index contributed by atoms with van der Waals surface area (Å²) in [5, 5.41) is 0. The van der Waals surface area contributed by atoms with Gasteiger partial charge in [0, 0.05) is 12.5 Å². The maximum atomic E-state index is 12.6. The molecule has 118 valence electrons. The predicted octanol–water partition coefficient (Wildman–Crippen LogP) is 3.15. The standard InChI is InChI=1S/C19H21N2O2/c1-4-20-14(2)21(18-8-6-5-7-17(18)20)13-19(22)15-9-11-16(23-3)12-10-15/h5-12H,4,13H2,1-3H3/q+1. The van der Waals surface area contributed by atoms with Crippen molar-refractivity contribution in [1.82, 2.24) is 4.57 Å². The number of rotatable bonds is 5. The van der Waals surface area contributed by atoms with Gasteiger partial charge in [-0.25, -0.2) is 9.13 Å². The number of ether oxygens (including phenoxy) is 1. The van der Waals surface area contributed by atoms with Gasteiger partial charge in [-0.15, -0.1) is 0 Å². The van der Waals surface area contributed by atoms with Gasteiger partial charge in [0.15, 0.2) is 17.6 Å². The van der Waals surface area contributed by atoms with E-state index in [1.165, 1.54) is 0 Å². The topological polar surface area (TPSA) is 35.1 Å². The molecule has 0 aliphatic heterocycles. The molecule has 3 aromatic rings. The van der Waals surface area contributed by atoms with Gasteiger partial charge in [-0.2, -0.15) is 0 Å². The zero-order valence-electron chi connectivity index (χ0n) is 13.7. The molecule has 0 unspecified atom stereocenters. The first-order valence-electron chi connectivity index (χ1n) is 7.80. The van der Waals surface area contributed by atoms with Gasteiger partial charge in [0.05, 0.1) is 13.7 Å². The van der Waals surface area contributed by atoms with Crippen LogP contribution in [0.25, 0.3) is 11.0 Å². The fourth-order valence-electron chi connectivity index (χ4n) is 3.03. The number of imidazole rings is 1. The van der Waals surface area contributed by atoms with Gasteiger partial charge in [-0.1, -0.05) is 12.1 Å². The second kappa shape index (κ2) is 6.24. The van der Waals surface area contributed by atoms with Crippen molar-refractivity contribution in [3.63, 3.8) is 0 Å². The van der Waals surface area contributed by atoms with Crippen molar-refractivity contribution in [3.05, 3.63) is 59.9 Å². The minimum atomic E-state index is 0.0970. The molecule has 3 rings (SSSR count). The minimum absolute atomic E-state index is 0.0970. The Labute approximate surface area is 135 Å². The number of carbonyl (C=O) groups excluding carboxylic acids is 1. The van der Waals surface area contributed by atoms with E-state index >= 15 is 0 Å². The third-order valence-electron chi connectivity index (χ3n) is 4.27. The number of benzene rings is 2.